The van der Waals surface area contributed by atoms with E-state index in [1.54, 1.807) is 32.9 Å². The summed E-state index contributed by atoms with van der Waals surface area (Å²) in [6.45, 7) is 5.57. The van der Waals surface area contributed by atoms with Gasteiger partial charge in [-0.25, -0.2) is 4.39 Å². The Morgan fingerprint density at radius 2 is 1.94 bits per heavy atom. The van der Waals surface area contributed by atoms with Crippen LogP contribution in [0, 0.1) is 19.7 Å². The van der Waals surface area contributed by atoms with Gasteiger partial charge in [0.05, 0.1) is 6.61 Å². The van der Waals surface area contributed by atoms with E-state index in [2.05, 4.69) is 0 Å². The molecule has 1 aromatic rings. The summed E-state index contributed by atoms with van der Waals surface area (Å²) in [7, 11) is 0. The van der Waals surface area contributed by atoms with E-state index in [0.717, 1.165) is 5.56 Å². The second kappa shape index (κ2) is 6.50. The van der Waals surface area contributed by atoms with Crippen LogP contribution in [-0.2, 0) is 9.53 Å². The number of hydrogen-bond acceptors (Lipinski definition) is 3. The van der Waals surface area contributed by atoms with Crippen molar-refractivity contribution in [1.29, 1.82) is 0 Å². The summed E-state index contributed by atoms with van der Waals surface area (Å²) in [6, 6.07) is 3.20. The molecule has 0 bridgehead atoms. The van der Waals surface area contributed by atoms with E-state index in [9.17, 15) is 9.18 Å². The van der Waals surface area contributed by atoms with Gasteiger partial charge < -0.3 is 10.5 Å². The highest BCUT2D eigenvalue weighted by Crippen LogP contribution is 2.21. The van der Waals surface area contributed by atoms with Crippen LogP contribution in [0.1, 0.15) is 42.5 Å². The van der Waals surface area contributed by atoms with Crippen molar-refractivity contribution in [2.75, 3.05) is 6.61 Å². The van der Waals surface area contributed by atoms with Crippen molar-refractivity contribution in [3.8, 4) is 0 Å². The van der Waals surface area contributed by atoms with Crippen LogP contribution in [0.4, 0.5) is 4.39 Å². The fourth-order valence-electron chi connectivity index (χ4n) is 1.87. The quantitative estimate of drug-likeness (QED) is 0.821. The minimum atomic E-state index is -0.271. The van der Waals surface area contributed by atoms with Crippen LogP contribution in [0.15, 0.2) is 12.1 Å². The van der Waals surface area contributed by atoms with Crippen molar-refractivity contribution in [1.82, 2.24) is 0 Å². The fraction of sp³-hybridized carbons (Fsp3) is 0.500. The van der Waals surface area contributed by atoms with Crippen LogP contribution in [0.25, 0.3) is 0 Å². The zero-order valence-corrected chi connectivity index (χ0v) is 11.1. The van der Waals surface area contributed by atoms with Gasteiger partial charge in [0.15, 0.2) is 0 Å². The second-order valence-corrected chi connectivity index (χ2v) is 4.42. The molecule has 100 valence electrons. The molecule has 18 heavy (non-hydrogen) atoms. The topological polar surface area (TPSA) is 52.3 Å². The highest BCUT2D eigenvalue weighted by molar-refractivity contribution is 5.69. The largest absolute Gasteiger partial charge is 0.466 e. The van der Waals surface area contributed by atoms with Gasteiger partial charge in [0, 0.05) is 12.5 Å². The number of carbonyl (C=O) groups is 1. The van der Waals surface area contributed by atoms with Crippen LogP contribution in [0.3, 0.4) is 0 Å². The third-order valence-corrected chi connectivity index (χ3v) is 2.85. The average Bonchev–Trinajstić information content (AvgIpc) is 2.32. The Balaban J connectivity index is 2.67. The predicted octanol–water partition coefficient (Wildman–Crippen LogP) is 2.79. The maximum atomic E-state index is 13.5. The Kier molecular flexibility index (Phi) is 5.28. The molecule has 0 fully saturated rings. The SMILES string of the molecule is CCOC(=O)CCC(N)c1cc(C)c(F)c(C)c1. The molecular weight excluding hydrogens is 233 g/mol. The van der Waals surface area contributed by atoms with Gasteiger partial charge in [-0.15, -0.1) is 0 Å². The molecule has 0 aliphatic heterocycles. The lowest BCUT2D eigenvalue weighted by atomic mass is 9.98. The van der Waals surface area contributed by atoms with Crippen molar-refractivity contribution in [3.63, 3.8) is 0 Å². The highest BCUT2D eigenvalue weighted by atomic mass is 19.1. The lowest BCUT2D eigenvalue weighted by Gasteiger charge is -2.14. The van der Waals surface area contributed by atoms with Crippen molar-refractivity contribution in [2.45, 2.75) is 39.7 Å². The molecular formula is C14H20FNO2. The fourth-order valence-corrected chi connectivity index (χ4v) is 1.87. The van der Waals surface area contributed by atoms with Crippen molar-refractivity contribution in [2.24, 2.45) is 5.73 Å². The molecule has 0 saturated heterocycles. The molecule has 2 N–H and O–H groups in total. The Bertz CT molecular complexity index is 409. The Hall–Kier alpha value is -1.42. The number of ether oxygens (including phenoxy) is 1. The van der Waals surface area contributed by atoms with E-state index < -0.39 is 0 Å². The minimum Gasteiger partial charge on any atom is -0.466 e. The number of hydrogen-bond donors (Lipinski definition) is 1. The lowest BCUT2D eigenvalue weighted by molar-refractivity contribution is -0.143. The van der Waals surface area contributed by atoms with Gasteiger partial charge in [-0.2, -0.15) is 0 Å². The van der Waals surface area contributed by atoms with E-state index >= 15 is 0 Å². The number of carbonyl (C=O) groups excluding carboxylic acids is 1. The van der Waals surface area contributed by atoms with E-state index in [-0.39, 0.29) is 24.2 Å². The van der Waals surface area contributed by atoms with Crippen LogP contribution in [-0.4, -0.2) is 12.6 Å². The molecule has 0 spiro atoms. The minimum absolute atomic E-state index is 0.198. The van der Waals surface area contributed by atoms with E-state index in [1.807, 2.05) is 0 Å². The molecule has 0 radical (unpaired) electrons. The molecule has 0 heterocycles. The summed E-state index contributed by atoms with van der Waals surface area (Å²) in [5.74, 6) is -0.445. The van der Waals surface area contributed by atoms with Crippen molar-refractivity contribution in [3.05, 3.63) is 34.6 Å². The van der Waals surface area contributed by atoms with Crippen LogP contribution in [0.2, 0.25) is 0 Å². The molecule has 0 aliphatic rings. The normalized spacial score (nSPS) is 12.3. The Morgan fingerprint density at radius 3 is 2.44 bits per heavy atom. The van der Waals surface area contributed by atoms with Gasteiger partial charge in [-0.3, -0.25) is 4.79 Å². The van der Waals surface area contributed by atoms with Crippen LogP contribution >= 0.6 is 0 Å². The first-order valence-electron chi connectivity index (χ1n) is 6.13. The van der Waals surface area contributed by atoms with E-state index in [0.29, 0.717) is 24.2 Å². The van der Waals surface area contributed by atoms with Gasteiger partial charge >= 0.3 is 5.97 Å². The molecule has 1 unspecified atom stereocenters. The van der Waals surface area contributed by atoms with E-state index in [1.165, 1.54) is 0 Å². The lowest BCUT2D eigenvalue weighted by Crippen LogP contribution is -2.14. The summed E-state index contributed by atoms with van der Waals surface area (Å²) in [5, 5.41) is 0. The van der Waals surface area contributed by atoms with Gasteiger partial charge in [0.25, 0.3) is 0 Å². The summed E-state index contributed by atoms with van der Waals surface area (Å²) < 4.78 is 18.3. The van der Waals surface area contributed by atoms with Gasteiger partial charge in [-0.1, -0.05) is 12.1 Å². The molecule has 3 nitrogen and oxygen atoms in total. The molecule has 0 aliphatic carbocycles. The second-order valence-electron chi connectivity index (χ2n) is 4.42. The average molecular weight is 253 g/mol. The number of esters is 1. The van der Waals surface area contributed by atoms with Gasteiger partial charge in [0.2, 0.25) is 0 Å². The first kappa shape index (κ1) is 14.6. The van der Waals surface area contributed by atoms with Gasteiger partial charge in [-0.05, 0) is 43.9 Å². The van der Waals surface area contributed by atoms with Gasteiger partial charge in [0.1, 0.15) is 5.82 Å². The first-order valence-corrected chi connectivity index (χ1v) is 6.13. The predicted molar refractivity (Wildman–Crippen MR) is 68.7 cm³/mol. The zero-order chi connectivity index (χ0) is 13.7. The Labute approximate surface area is 107 Å². The number of benzene rings is 1. The molecule has 1 aromatic carbocycles. The summed E-state index contributed by atoms with van der Waals surface area (Å²) in [6.07, 6.45) is 0.786. The van der Waals surface area contributed by atoms with Crippen molar-refractivity contribution < 1.29 is 13.9 Å². The van der Waals surface area contributed by atoms with Crippen molar-refractivity contribution >= 4 is 5.97 Å². The summed E-state index contributed by atoms with van der Waals surface area (Å²) in [4.78, 5) is 11.2. The maximum Gasteiger partial charge on any atom is 0.305 e. The third-order valence-electron chi connectivity index (χ3n) is 2.85. The number of rotatable bonds is 5. The van der Waals surface area contributed by atoms with Crippen LogP contribution in [0.5, 0.6) is 0 Å². The number of nitrogens with two attached hydrogens (primary N) is 1. The zero-order valence-electron chi connectivity index (χ0n) is 11.1. The third kappa shape index (κ3) is 3.81. The van der Waals surface area contributed by atoms with Crippen LogP contribution < -0.4 is 5.73 Å². The number of aryl methyl sites for hydroxylation is 2. The summed E-state index contributed by atoms with van der Waals surface area (Å²) in [5.41, 5.74) is 8.01. The summed E-state index contributed by atoms with van der Waals surface area (Å²) >= 11 is 0. The Morgan fingerprint density at radius 1 is 1.39 bits per heavy atom. The molecule has 0 amide bonds. The maximum absolute atomic E-state index is 13.5. The smallest absolute Gasteiger partial charge is 0.305 e. The molecule has 1 rings (SSSR count). The molecule has 0 aromatic heterocycles. The monoisotopic (exact) mass is 253 g/mol. The number of halogens is 1. The van der Waals surface area contributed by atoms with E-state index in [4.69, 9.17) is 10.5 Å². The molecule has 1 atom stereocenters. The highest BCUT2D eigenvalue weighted by Gasteiger charge is 2.12. The first-order chi connectivity index (χ1) is 8.45. The standard InChI is InChI=1S/C14H20FNO2/c1-4-18-13(17)6-5-12(16)11-7-9(2)14(15)10(3)8-11/h7-8,12H,4-6,16H2,1-3H3. The molecule has 0 saturated carbocycles. The molecule has 4 heteroatoms.